The SMILES string of the molecule is CCCCCCC(P)CC(C)C. The molecule has 0 spiro atoms. The molecule has 12 heavy (non-hydrogen) atoms. The van der Waals surface area contributed by atoms with Gasteiger partial charge in [-0.2, -0.15) is 0 Å². The summed E-state index contributed by atoms with van der Waals surface area (Å²) in [5.74, 6) is 0.860. The molecule has 1 heteroatoms. The van der Waals surface area contributed by atoms with E-state index in [0.29, 0.717) is 0 Å². The highest BCUT2D eigenvalue weighted by Crippen LogP contribution is 2.19. The lowest BCUT2D eigenvalue weighted by Gasteiger charge is -2.12. The molecule has 0 bridgehead atoms. The van der Waals surface area contributed by atoms with Gasteiger partial charge in [0.1, 0.15) is 0 Å². The molecule has 0 rings (SSSR count). The zero-order valence-corrected chi connectivity index (χ0v) is 10.1. The van der Waals surface area contributed by atoms with E-state index in [2.05, 4.69) is 30.0 Å². The van der Waals surface area contributed by atoms with Crippen molar-refractivity contribution in [3.05, 3.63) is 0 Å². The predicted molar refractivity (Wildman–Crippen MR) is 61.7 cm³/mol. The lowest BCUT2D eigenvalue weighted by Crippen LogP contribution is -2.02. The van der Waals surface area contributed by atoms with Crippen LogP contribution in [0.15, 0.2) is 0 Å². The Morgan fingerprint density at radius 1 is 1.08 bits per heavy atom. The van der Waals surface area contributed by atoms with Crippen LogP contribution in [-0.2, 0) is 0 Å². The zero-order chi connectivity index (χ0) is 9.40. The molecule has 0 aliphatic carbocycles. The first-order valence-electron chi connectivity index (χ1n) is 5.42. The lowest BCUT2D eigenvalue weighted by atomic mass is 10.0. The van der Waals surface area contributed by atoms with E-state index in [-0.39, 0.29) is 0 Å². The second-order valence-electron chi connectivity index (χ2n) is 4.24. The van der Waals surface area contributed by atoms with Gasteiger partial charge in [-0.25, -0.2) is 0 Å². The molecular formula is C11H25P. The molecule has 2 atom stereocenters. The van der Waals surface area contributed by atoms with Crippen molar-refractivity contribution in [1.29, 1.82) is 0 Å². The standard InChI is InChI=1S/C11H25P/c1-4-5-6-7-8-11(12)9-10(2)3/h10-11H,4-9,12H2,1-3H3. The number of unbranched alkanes of at least 4 members (excludes halogenated alkanes) is 3. The van der Waals surface area contributed by atoms with Crippen LogP contribution in [0.3, 0.4) is 0 Å². The molecule has 74 valence electrons. The summed E-state index contributed by atoms with van der Waals surface area (Å²) in [6.07, 6.45) is 8.40. The van der Waals surface area contributed by atoms with Crippen molar-refractivity contribution in [1.82, 2.24) is 0 Å². The van der Waals surface area contributed by atoms with E-state index in [1.165, 1.54) is 38.5 Å². The Hall–Kier alpha value is 0.430. The Bertz CT molecular complexity index is 89.0. The van der Waals surface area contributed by atoms with E-state index in [1.54, 1.807) is 0 Å². The third-order valence-corrected chi connectivity index (χ3v) is 2.81. The smallest absolute Gasteiger partial charge is 0.0262 e. The molecule has 0 aliphatic heterocycles. The van der Waals surface area contributed by atoms with Gasteiger partial charge in [-0.1, -0.05) is 46.5 Å². The van der Waals surface area contributed by atoms with Gasteiger partial charge in [0.15, 0.2) is 0 Å². The topological polar surface area (TPSA) is 0 Å². The van der Waals surface area contributed by atoms with E-state index in [4.69, 9.17) is 0 Å². The Morgan fingerprint density at radius 2 is 1.75 bits per heavy atom. The lowest BCUT2D eigenvalue weighted by molar-refractivity contribution is 0.525. The van der Waals surface area contributed by atoms with Crippen LogP contribution < -0.4 is 0 Å². The number of hydrogen-bond acceptors (Lipinski definition) is 0. The minimum atomic E-state index is 0.860. The van der Waals surface area contributed by atoms with Crippen molar-refractivity contribution in [3.8, 4) is 0 Å². The molecule has 0 saturated heterocycles. The van der Waals surface area contributed by atoms with Crippen molar-refractivity contribution in [2.75, 3.05) is 0 Å². The quantitative estimate of drug-likeness (QED) is 0.414. The fourth-order valence-electron chi connectivity index (χ4n) is 1.56. The average molecular weight is 188 g/mol. The largest absolute Gasteiger partial charge is 0.134 e. The maximum absolute atomic E-state index is 2.99. The van der Waals surface area contributed by atoms with E-state index < -0.39 is 0 Å². The molecule has 0 radical (unpaired) electrons. The van der Waals surface area contributed by atoms with Gasteiger partial charge in [0.2, 0.25) is 0 Å². The van der Waals surface area contributed by atoms with Crippen LogP contribution in [0.5, 0.6) is 0 Å². The normalized spacial score (nSPS) is 13.8. The highest BCUT2D eigenvalue weighted by atomic mass is 31.0. The zero-order valence-electron chi connectivity index (χ0n) is 8.97. The van der Waals surface area contributed by atoms with Gasteiger partial charge in [0.05, 0.1) is 0 Å². The fraction of sp³-hybridized carbons (Fsp3) is 1.00. The Kier molecular flexibility index (Phi) is 8.34. The number of rotatable bonds is 7. The first-order valence-corrected chi connectivity index (χ1v) is 6.09. The van der Waals surface area contributed by atoms with Crippen LogP contribution in [0.25, 0.3) is 0 Å². The molecule has 0 fully saturated rings. The van der Waals surface area contributed by atoms with Gasteiger partial charge in [-0.15, -0.1) is 9.24 Å². The molecule has 0 aromatic carbocycles. The summed E-state index contributed by atoms with van der Waals surface area (Å²) in [4.78, 5) is 0. The molecular weight excluding hydrogens is 163 g/mol. The molecule has 0 aromatic heterocycles. The molecule has 0 aliphatic rings. The molecule has 0 aromatic rings. The molecule has 0 heterocycles. The van der Waals surface area contributed by atoms with Crippen LogP contribution in [0.1, 0.15) is 59.3 Å². The van der Waals surface area contributed by atoms with E-state index in [9.17, 15) is 0 Å². The minimum absolute atomic E-state index is 0.860. The van der Waals surface area contributed by atoms with Gasteiger partial charge < -0.3 is 0 Å². The summed E-state index contributed by atoms with van der Waals surface area (Å²) >= 11 is 0. The predicted octanol–water partition coefficient (Wildman–Crippen LogP) is 4.25. The Balaban J connectivity index is 3.14. The first-order chi connectivity index (χ1) is 5.66. The molecule has 0 amide bonds. The van der Waals surface area contributed by atoms with Crippen molar-refractivity contribution in [2.45, 2.75) is 65.0 Å². The molecule has 0 nitrogen and oxygen atoms in total. The first kappa shape index (κ1) is 12.4. The van der Waals surface area contributed by atoms with Crippen LogP contribution in [0.2, 0.25) is 0 Å². The summed E-state index contributed by atoms with van der Waals surface area (Å²) in [5.41, 5.74) is 0.863. The third kappa shape index (κ3) is 8.53. The van der Waals surface area contributed by atoms with Crippen LogP contribution in [0, 0.1) is 5.92 Å². The summed E-state index contributed by atoms with van der Waals surface area (Å²) in [6, 6.07) is 0. The van der Waals surface area contributed by atoms with Crippen LogP contribution in [0.4, 0.5) is 0 Å². The Labute approximate surface area is 80.7 Å². The second-order valence-corrected chi connectivity index (χ2v) is 5.18. The summed E-state index contributed by atoms with van der Waals surface area (Å²) in [6.45, 7) is 6.89. The summed E-state index contributed by atoms with van der Waals surface area (Å²) in [5, 5.41) is 0. The van der Waals surface area contributed by atoms with Gasteiger partial charge >= 0.3 is 0 Å². The van der Waals surface area contributed by atoms with E-state index in [0.717, 1.165) is 11.6 Å². The minimum Gasteiger partial charge on any atom is -0.134 e. The van der Waals surface area contributed by atoms with Gasteiger partial charge in [-0.3, -0.25) is 0 Å². The monoisotopic (exact) mass is 188 g/mol. The van der Waals surface area contributed by atoms with Crippen LogP contribution >= 0.6 is 9.24 Å². The van der Waals surface area contributed by atoms with Gasteiger partial charge in [0, 0.05) is 0 Å². The molecule has 0 saturated carbocycles. The summed E-state index contributed by atoms with van der Waals surface area (Å²) < 4.78 is 0. The van der Waals surface area contributed by atoms with Crippen molar-refractivity contribution < 1.29 is 0 Å². The van der Waals surface area contributed by atoms with Crippen LogP contribution in [-0.4, -0.2) is 5.66 Å². The maximum Gasteiger partial charge on any atom is -0.0262 e. The fourth-order valence-corrected chi connectivity index (χ4v) is 2.34. The summed E-state index contributed by atoms with van der Waals surface area (Å²) in [7, 11) is 2.99. The van der Waals surface area contributed by atoms with Crippen molar-refractivity contribution in [3.63, 3.8) is 0 Å². The Morgan fingerprint density at radius 3 is 2.25 bits per heavy atom. The van der Waals surface area contributed by atoms with Gasteiger partial charge in [-0.05, 0) is 24.4 Å². The molecule has 2 unspecified atom stereocenters. The van der Waals surface area contributed by atoms with E-state index in [1.807, 2.05) is 0 Å². The highest BCUT2D eigenvalue weighted by molar-refractivity contribution is 7.17. The highest BCUT2D eigenvalue weighted by Gasteiger charge is 2.03. The van der Waals surface area contributed by atoms with Gasteiger partial charge in [0.25, 0.3) is 0 Å². The third-order valence-electron chi connectivity index (χ3n) is 2.20. The van der Waals surface area contributed by atoms with E-state index >= 15 is 0 Å². The maximum atomic E-state index is 2.99. The number of hydrogen-bond donors (Lipinski definition) is 0. The second kappa shape index (κ2) is 8.05. The molecule has 0 N–H and O–H groups in total. The average Bonchev–Trinajstić information content (AvgIpc) is 1.97. The van der Waals surface area contributed by atoms with Crippen molar-refractivity contribution in [2.24, 2.45) is 5.92 Å². The van der Waals surface area contributed by atoms with Crippen molar-refractivity contribution >= 4 is 9.24 Å².